The second-order valence-corrected chi connectivity index (χ2v) is 8.08. The number of hydrogen-bond donors (Lipinski definition) is 1. The number of nitrogens with one attached hydrogen (secondary N) is 1. The Kier molecular flexibility index (Phi) is 7.92. The molecule has 9 heteroatoms. The molecule has 178 valence electrons. The molecule has 0 fully saturated rings. The molecule has 0 bridgehead atoms. The van der Waals surface area contributed by atoms with Gasteiger partial charge in [0.1, 0.15) is 5.75 Å². The van der Waals surface area contributed by atoms with Crippen molar-refractivity contribution in [2.24, 2.45) is 0 Å². The van der Waals surface area contributed by atoms with Gasteiger partial charge < -0.3 is 24.3 Å². The SMILES string of the molecule is CCOC(=O)N1c2cc(OC)c(OC)cc2C(CNC(=O)c2ccc(OC)c(Cl)c2)CC1C. The summed E-state index contributed by atoms with van der Waals surface area (Å²) in [6.45, 7) is 4.36. The van der Waals surface area contributed by atoms with Crippen molar-refractivity contribution in [2.45, 2.75) is 32.2 Å². The minimum Gasteiger partial charge on any atom is -0.495 e. The number of anilines is 1. The van der Waals surface area contributed by atoms with Gasteiger partial charge in [-0.1, -0.05) is 11.6 Å². The highest BCUT2D eigenvalue weighted by atomic mass is 35.5. The molecule has 2 amide bonds. The van der Waals surface area contributed by atoms with E-state index >= 15 is 0 Å². The predicted molar refractivity (Wildman–Crippen MR) is 126 cm³/mol. The summed E-state index contributed by atoms with van der Waals surface area (Å²) in [5.74, 6) is 1.26. The van der Waals surface area contributed by atoms with E-state index in [2.05, 4.69) is 5.32 Å². The molecular formula is C24H29ClN2O6. The number of amides is 2. The Hall–Kier alpha value is -3.13. The molecule has 0 radical (unpaired) electrons. The normalized spacial score (nSPS) is 17.1. The Morgan fingerprint density at radius 2 is 1.73 bits per heavy atom. The fourth-order valence-corrected chi connectivity index (χ4v) is 4.35. The van der Waals surface area contributed by atoms with E-state index in [-0.39, 0.29) is 24.5 Å². The van der Waals surface area contributed by atoms with Crippen molar-refractivity contribution < 1.29 is 28.5 Å². The van der Waals surface area contributed by atoms with Gasteiger partial charge in [-0.25, -0.2) is 4.79 Å². The maximum absolute atomic E-state index is 12.8. The molecule has 1 heterocycles. The molecule has 3 rings (SSSR count). The third-order valence-electron chi connectivity index (χ3n) is 5.69. The van der Waals surface area contributed by atoms with E-state index in [9.17, 15) is 9.59 Å². The number of nitrogens with zero attached hydrogens (tertiary/aromatic N) is 1. The number of halogens is 1. The van der Waals surface area contributed by atoms with Crippen LogP contribution in [0.1, 0.15) is 42.1 Å². The Morgan fingerprint density at radius 1 is 1.06 bits per heavy atom. The smallest absolute Gasteiger partial charge is 0.414 e. The van der Waals surface area contributed by atoms with Gasteiger partial charge in [0.2, 0.25) is 0 Å². The van der Waals surface area contributed by atoms with E-state index in [0.29, 0.717) is 46.5 Å². The summed E-state index contributed by atoms with van der Waals surface area (Å²) < 4.78 is 21.4. The molecule has 2 aromatic carbocycles. The van der Waals surface area contributed by atoms with Gasteiger partial charge in [0, 0.05) is 30.1 Å². The largest absolute Gasteiger partial charge is 0.495 e. The highest BCUT2D eigenvalue weighted by Gasteiger charge is 2.36. The van der Waals surface area contributed by atoms with Crippen molar-refractivity contribution >= 4 is 29.3 Å². The van der Waals surface area contributed by atoms with Crippen LogP contribution in [0.2, 0.25) is 5.02 Å². The molecule has 0 spiro atoms. The zero-order valence-electron chi connectivity index (χ0n) is 19.4. The van der Waals surface area contributed by atoms with E-state index in [1.54, 1.807) is 50.3 Å². The van der Waals surface area contributed by atoms with Crippen LogP contribution in [0.4, 0.5) is 10.5 Å². The van der Waals surface area contributed by atoms with Gasteiger partial charge in [-0.2, -0.15) is 0 Å². The van der Waals surface area contributed by atoms with Gasteiger partial charge in [0.25, 0.3) is 5.91 Å². The summed E-state index contributed by atoms with van der Waals surface area (Å²) in [6.07, 6.45) is 0.208. The number of carbonyl (C=O) groups is 2. The Morgan fingerprint density at radius 3 is 2.33 bits per heavy atom. The van der Waals surface area contributed by atoms with Crippen molar-refractivity contribution in [3.05, 3.63) is 46.5 Å². The van der Waals surface area contributed by atoms with Crippen molar-refractivity contribution in [3.63, 3.8) is 0 Å². The Bertz CT molecular complexity index is 1030. The van der Waals surface area contributed by atoms with Crippen LogP contribution in [-0.4, -0.2) is 52.5 Å². The quantitative estimate of drug-likeness (QED) is 0.626. The van der Waals surface area contributed by atoms with Crippen LogP contribution in [0.3, 0.4) is 0 Å². The first kappa shape index (κ1) is 24.5. The van der Waals surface area contributed by atoms with Gasteiger partial charge in [-0.05, 0) is 50.1 Å². The van der Waals surface area contributed by atoms with E-state index in [1.165, 1.54) is 7.11 Å². The summed E-state index contributed by atoms with van der Waals surface area (Å²) in [5.41, 5.74) is 1.98. The molecule has 2 unspecified atom stereocenters. The van der Waals surface area contributed by atoms with Gasteiger partial charge in [-0.3, -0.25) is 9.69 Å². The fourth-order valence-electron chi connectivity index (χ4n) is 4.09. The lowest BCUT2D eigenvalue weighted by Gasteiger charge is -2.39. The van der Waals surface area contributed by atoms with Gasteiger partial charge in [0.15, 0.2) is 11.5 Å². The van der Waals surface area contributed by atoms with Crippen molar-refractivity contribution in [1.29, 1.82) is 0 Å². The third kappa shape index (κ3) is 5.11. The van der Waals surface area contributed by atoms with Crippen LogP contribution < -0.4 is 24.4 Å². The van der Waals surface area contributed by atoms with Gasteiger partial charge in [0.05, 0.1) is 38.6 Å². The maximum Gasteiger partial charge on any atom is 0.414 e. The first-order valence-corrected chi connectivity index (χ1v) is 11.1. The average molecular weight is 477 g/mol. The van der Waals surface area contributed by atoms with Crippen LogP contribution in [0.5, 0.6) is 17.2 Å². The molecule has 0 aliphatic carbocycles. The predicted octanol–water partition coefficient (Wildman–Crippen LogP) is 4.63. The van der Waals surface area contributed by atoms with Crippen molar-refractivity contribution in [1.82, 2.24) is 5.32 Å². The zero-order valence-corrected chi connectivity index (χ0v) is 20.2. The molecule has 0 saturated heterocycles. The number of fused-ring (bicyclic) bond motifs is 1. The highest BCUT2D eigenvalue weighted by Crippen LogP contribution is 2.44. The Balaban J connectivity index is 1.89. The van der Waals surface area contributed by atoms with Crippen LogP contribution in [0.25, 0.3) is 0 Å². The number of hydrogen-bond acceptors (Lipinski definition) is 6. The summed E-state index contributed by atoms with van der Waals surface area (Å²) in [4.78, 5) is 27.1. The second kappa shape index (κ2) is 10.7. The number of ether oxygens (including phenoxy) is 4. The number of carbonyl (C=O) groups excluding carboxylic acids is 2. The zero-order chi connectivity index (χ0) is 24.1. The number of benzene rings is 2. The first-order valence-electron chi connectivity index (χ1n) is 10.7. The lowest BCUT2D eigenvalue weighted by molar-refractivity contribution is 0.0949. The first-order chi connectivity index (χ1) is 15.8. The van der Waals surface area contributed by atoms with Crippen LogP contribution >= 0.6 is 11.6 Å². The maximum atomic E-state index is 12.8. The number of methoxy groups -OCH3 is 3. The van der Waals surface area contributed by atoms with Crippen molar-refractivity contribution in [3.8, 4) is 17.2 Å². The Labute approximate surface area is 198 Å². The lowest BCUT2D eigenvalue weighted by atomic mass is 9.85. The fraction of sp³-hybridized carbons (Fsp3) is 0.417. The standard InChI is InChI=1S/C24H29ClN2O6/c1-6-33-24(29)27-14(2)9-16(17-11-21(31-4)22(32-5)12-19(17)27)13-26-23(28)15-7-8-20(30-3)18(25)10-15/h7-8,10-12,14,16H,6,9,13H2,1-5H3,(H,26,28). The summed E-state index contributed by atoms with van der Waals surface area (Å²) in [5, 5.41) is 3.35. The molecule has 0 saturated carbocycles. The average Bonchev–Trinajstić information content (AvgIpc) is 2.81. The van der Waals surface area contributed by atoms with Crippen molar-refractivity contribution in [2.75, 3.05) is 39.4 Å². The van der Waals surface area contributed by atoms with Gasteiger partial charge >= 0.3 is 6.09 Å². The second-order valence-electron chi connectivity index (χ2n) is 7.68. The summed E-state index contributed by atoms with van der Waals surface area (Å²) in [7, 11) is 4.62. The summed E-state index contributed by atoms with van der Waals surface area (Å²) >= 11 is 6.16. The van der Waals surface area contributed by atoms with Crippen LogP contribution in [0, 0.1) is 0 Å². The molecule has 8 nitrogen and oxygen atoms in total. The van der Waals surface area contributed by atoms with Crippen LogP contribution in [-0.2, 0) is 4.74 Å². The molecule has 1 aliphatic rings. The molecule has 1 aliphatic heterocycles. The molecular weight excluding hydrogens is 448 g/mol. The highest BCUT2D eigenvalue weighted by molar-refractivity contribution is 6.32. The molecule has 33 heavy (non-hydrogen) atoms. The topological polar surface area (TPSA) is 86.3 Å². The van der Waals surface area contributed by atoms with E-state index in [4.69, 9.17) is 30.5 Å². The minimum absolute atomic E-state index is 0.0573. The van der Waals surface area contributed by atoms with E-state index in [0.717, 1.165) is 5.56 Å². The van der Waals surface area contributed by atoms with Crippen LogP contribution in [0.15, 0.2) is 30.3 Å². The number of rotatable bonds is 7. The molecule has 2 atom stereocenters. The molecule has 2 aromatic rings. The van der Waals surface area contributed by atoms with E-state index in [1.807, 2.05) is 13.0 Å². The summed E-state index contributed by atoms with van der Waals surface area (Å²) in [6, 6.07) is 8.37. The van der Waals surface area contributed by atoms with E-state index < -0.39 is 6.09 Å². The molecule has 1 N–H and O–H groups in total. The minimum atomic E-state index is -0.422. The van der Waals surface area contributed by atoms with Gasteiger partial charge in [-0.15, -0.1) is 0 Å². The lowest BCUT2D eigenvalue weighted by Crippen LogP contribution is -2.45. The third-order valence-corrected chi connectivity index (χ3v) is 5.98. The monoisotopic (exact) mass is 476 g/mol. The molecule has 0 aromatic heterocycles.